The maximum Gasteiger partial charge on any atom is 0.230 e. The van der Waals surface area contributed by atoms with Crippen LogP contribution in [-0.4, -0.2) is 15.3 Å². The zero-order valence-electron chi connectivity index (χ0n) is 13.7. The van der Waals surface area contributed by atoms with E-state index in [4.69, 9.17) is 23.2 Å². The van der Waals surface area contributed by atoms with E-state index in [1.54, 1.807) is 30.3 Å². The molecule has 8 heteroatoms. The molecule has 0 unspecified atom stereocenters. The van der Waals surface area contributed by atoms with Crippen molar-refractivity contribution in [2.45, 2.75) is 6.42 Å². The van der Waals surface area contributed by atoms with Crippen molar-refractivity contribution >= 4 is 51.1 Å². The Morgan fingerprint density at radius 2 is 1.93 bits per heavy atom. The van der Waals surface area contributed by atoms with Crippen LogP contribution >= 0.6 is 34.5 Å². The third-order valence-corrected chi connectivity index (χ3v) is 5.60. The summed E-state index contributed by atoms with van der Waals surface area (Å²) in [4.78, 5) is 17.7. The number of imidazole rings is 1. The lowest BCUT2D eigenvalue weighted by Crippen LogP contribution is -2.15. The number of amides is 1. The molecule has 0 bridgehead atoms. The summed E-state index contributed by atoms with van der Waals surface area (Å²) in [6, 6.07) is 11.1. The van der Waals surface area contributed by atoms with Crippen molar-refractivity contribution in [3.63, 3.8) is 0 Å². The van der Waals surface area contributed by atoms with Crippen LogP contribution in [0.25, 0.3) is 16.2 Å². The zero-order valence-corrected chi connectivity index (χ0v) is 16.1. The average molecular weight is 420 g/mol. The molecule has 2 aromatic carbocycles. The zero-order chi connectivity index (χ0) is 19.0. The molecule has 27 heavy (non-hydrogen) atoms. The number of halogens is 3. The topological polar surface area (TPSA) is 46.4 Å². The van der Waals surface area contributed by atoms with Crippen molar-refractivity contribution < 1.29 is 9.18 Å². The van der Waals surface area contributed by atoms with E-state index in [0.29, 0.717) is 15.7 Å². The van der Waals surface area contributed by atoms with E-state index in [2.05, 4.69) is 10.3 Å². The second-order valence-corrected chi connectivity index (χ2v) is 7.52. The third-order valence-electron chi connectivity index (χ3n) is 3.97. The minimum Gasteiger partial charge on any atom is -0.326 e. The number of hydrogen-bond acceptors (Lipinski definition) is 3. The quantitative estimate of drug-likeness (QED) is 0.461. The summed E-state index contributed by atoms with van der Waals surface area (Å²) in [5.74, 6) is -0.468. The number of benzene rings is 2. The Hall–Kier alpha value is -2.41. The Balaban J connectivity index is 1.54. The number of fused-ring (bicyclic) bond motifs is 1. The molecular weight excluding hydrogens is 408 g/mol. The van der Waals surface area contributed by atoms with Gasteiger partial charge < -0.3 is 5.32 Å². The largest absolute Gasteiger partial charge is 0.326 e. The van der Waals surface area contributed by atoms with Crippen LogP contribution in [0.15, 0.2) is 54.0 Å². The van der Waals surface area contributed by atoms with E-state index in [-0.39, 0.29) is 18.1 Å². The van der Waals surface area contributed by atoms with Crippen LogP contribution < -0.4 is 5.32 Å². The first-order chi connectivity index (χ1) is 13.0. The van der Waals surface area contributed by atoms with Gasteiger partial charge in [-0.15, -0.1) is 11.3 Å². The molecule has 0 spiro atoms. The number of rotatable bonds is 4. The van der Waals surface area contributed by atoms with Crippen LogP contribution in [0.3, 0.4) is 0 Å². The lowest BCUT2D eigenvalue weighted by molar-refractivity contribution is -0.115. The van der Waals surface area contributed by atoms with Crippen molar-refractivity contribution in [1.82, 2.24) is 9.38 Å². The molecule has 0 radical (unpaired) electrons. The fourth-order valence-corrected chi connectivity index (χ4v) is 3.83. The van der Waals surface area contributed by atoms with Gasteiger partial charge in [-0.1, -0.05) is 23.2 Å². The molecule has 2 heterocycles. The predicted octanol–water partition coefficient (Wildman–Crippen LogP) is 5.69. The molecular formula is C19H12Cl2FN3OS. The minimum atomic E-state index is -0.292. The second kappa shape index (κ2) is 7.31. The van der Waals surface area contributed by atoms with Gasteiger partial charge in [0.25, 0.3) is 0 Å². The molecule has 1 N–H and O–H groups in total. The summed E-state index contributed by atoms with van der Waals surface area (Å²) in [5.41, 5.74) is 2.94. The summed E-state index contributed by atoms with van der Waals surface area (Å²) in [5, 5.41) is 5.51. The number of anilines is 1. The number of thiazole rings is 1. The summed E-state index contributed by atoms with van der Waals surface area (Å²) in [6.45, 7) is 0. The van der Waals surface area contributed by atoms with Crippen LogP contribution in [0.4, 0.5) is 10.1 Å². The molecule has 0 aliphatic heterocycles. The van der Waals surface area contributed by atoms with Gasteiger partial charge in [0.1, 0.15) is 5.82 Å². The van der Waals surface area contributed by atoms with E-state index < -0.39 is 0 Å². The van der Waals surface area contributed by atoms with E-state index in [0.717, 1.165) is 21.9 Å². The predicted molar refractivity (Wildman–Crippen MR) is 107 cm³/mol. The molecule has 0 saturated heterocycles. The summed E-state index contributed by atoms with van der Waals surface area (Å²) in [7, 11) is 0. The summed E-state index contributed by atoms with van der Waals surface area (Å²) < 4.78 is 15.0. The van der Waals surface area contributed by atoms with Gasteiger partial charge in [-0.2, -0.15) is 0 Å². The van der Waals surface area contributed by atoms with Gasteiger partial charge in [0.15, 0.2) is 4.96 Å². The van der Waals surface area contributed by atoms with Crippen LogP contribution in [0.5, 0.6) is 0 Å². The van der Waals surface area contributed by atoms with Crippen molar-refractivity contribution in [3.8, 4) is 11.3 Å². The molecule has 136 valence electrons. The molecule has 0 atom stereocenters. The molecule has 4 nitrogen and oxygen atoms in total. The fraction of sp³-hybridized carbons (Fsp3) is 0.0526. The summed E-state index contributed by atoms with van der Waals surface area (Å²) in [6.07, 6.45) is 2.03. The third kappa shape index (κ3) is 3.83. The van der Waals surface area contributed by atoms with Crippen molar-refractivity contribution in [2.75, 3.05) is 5.32 Å². The van der Waals surface area contributed by atoms with Gasteiger partial charge >= 0.3 is 0 Å². The van der Waals surface area contributed by atoms with Crippen LogP contribution in [0.2, 0.25) is 10.0 Å². The molecule has 1 amide bonds. The lowest BCUT2D eigenvalue weighted by atomic mass is 10.2. The lowest BCUT2D eigenvalue weighted by Gasteiger charge is -2.06. The monoisotopic (exact) mass is 419 g/mol. The highest BCUT2D eigenvalue weighted by molar-refractivity contribution is 7.15. The number of nitrogens with zero attached hydrogens (tertiary/aromatic N) is 2. The normalized spacial score (nSPS) is 11.1. The molecule has 0 aliphatic carbocycles. The van der Waals surface area contributed by atoms with Gasteiger partial charge in [-0.25, -0.2) is 9.37 Å². The van der Waals surface area contributed by atoms with E-state index in [1.807, 2.05) is 16.0 Å². The summed E-state index contributed by atoms with van der Waals surface area (Å²) >= 11 is 13.3. The maximum atomic E-state index is 13.1. The Bertz CT molecular complexity index is 1140. The second-order valence-electron chi connectivity index (χ2n) is 5.87. The highest BCUT2D eigenvalue weighted by Gasteiger charge is 2.13. The maximum absolute atomic E-state index is 13.1. The van der Waals surface area contributed by atoms with Gasteiger partial charge in [0, 0.05) is 28.5 Å². The van der Waals surface area contributed by atoms with E-state index in [9.17, 15) is 9.18 Å². The Labute approximate surface area is 168 Å². The fourth-order valence-electron chi connectivity index (χ4n) is 2.66. The molecule has 0 saturated carbocycles. The van der Waals surface area contributed by atoms with Gasteiger partial charge in [0.05, 0.1) is 22.2 Å². The molecule has 0 aliphatic rings. The highest BCUT2D eigenvalue weighted by atomic mass is 35.5. The number of hydrogen-bond donors (Lipinski definition) is 1. The first-order valence-corrected chi connectivity index (χ1v) is 9.59. The molecule has 4 rings (SSSR count). The number of carbonyl (C=O) groups is 1. The first-order valence-electron chi connectivity index (χ1n) is 7.96. The van der Waals surface area contributed by atoms with Crippen LogP contribution in [-0.2, 0) is 11.2 Å². The average Bonchev–Trinajstić information content (AvgIpc) is 3.21. The van der Waals surface area contributed by atoms with Gasteiger partial charge in [-0.05, 0) is 42.5 Å². The van der Waals surface area contributed by atoms with Crippen LogP contribution in [0, 0.1) is 5.82 Å². The smallest absolute Gasteiger partial charge is 0.230 e. The number of aromatic nitrogens is 2. The van der Waals surface area contributed by atoms with Gasteiger partial charge in [-0.3, -0.25) is 9.20 Å². The van der Waals surface area contributed by atoms with E-state index in [1.165, 1.54) is 23.5 Å². The van der Waals surface area contributed by atoms with Crippen molar-refractivity contribution in [2.24, 2.45) is 0 Å². The number of nitrogens with one attached hydrogen (secondary N) is 1. The Morgan fingerprint density at radius 3 is 2.67 bits per heavy atom. The first kappa shape index (κ1) is 18.0. The SMILES string of the molecule is O=C(Cc1csc2nc(-c3ccc(F)cc3)cn12)Nc1ccc(Cl)c(Cl)c1. The molecule has 4 aromatic rings. The molecule has 0 fully saturated rings. The van der Waals surface area contributed by atoms with E-state index >= 15 is 0 Å². The molecule has 2 aromatic heterocycles. The number of carbonyl (C=O) groups excluding carboxylic acids is 1. The Morgan fingerprint density at radius 1 is 1.15 bits per heavy atom. The Kier molecular flexibility index (Phi) is 4.86. The van der Waals surface area contributed by atoms with Gasteiger partial charge in [0.2, 0.25) is 5.91 Å². The minimum absolute atomic E-state index is 0.176. The standard InChI is InChI=1S/C19H12Cl2FN3OS/c20-15-6-5-13(7-16(15)21)23-18(26)8-14-10-27-19-24-17(9-25(14)19)11-1-3-12(22)4-2-11/h1-7,9-10H,8H2,(H,23,26). The van der Waals surface area contributed by atoms with Crippen molar-refractivity contribution in [1.29, 1.82) is 0 Å². The highest BCUT2D eigenvalue weighted by Crippen LogP contribution is 2.26. The van der Waals surface area contributed by atoms with Crippen molar-refractivity contribution in [3.05, 3.63) is 75.6 Å². The van der Waals surface area contributed by atoms with Crippen LogP contribution in [0.1, 0.15) is 5.69 Å².